The molecule has 5 heteroatoms. The summed E-state index contributed by atoms with van der Waals surface area (Å²) >= 11 is 1.76. The zero-order valence-corrected chi connectivity index (χ0v) is 13.5. The third-order valence-electron chi connectivity index (χ3n) is 4.36. The zero-order chi connectivity index (χ0) is 14.6. The van der Waals surface area contributed by atoms with Crippen LogP contribution < -0.4 is 5.32 Å². The number of carbonyl (C=O) groups excluding carboxylic acids is 1. The van der Waals surface area contributed by atoms with Gasteiger partial charge in [0.15, 0.2) is 0 Å². The van der Waals surface area contributed by atoms with Crippen molar-refractivity contribution in [3.8, 4) is 0 Å². The molecule has 116 valence electrons. The Morgan fingerprint density at radius 2 is 2.05 bits per heavy atom. The van der Waals surface area contributed by atoms with E-state index in [9.17, 15) is 9.90 Å². The van der Waals surface area contributed by atoms with Crippen molar-refractivity contribution in [1.82, 2.24) is 10.2 Å². The Kier molecular flexibility index (Phi) is 5.75. The van der Waals surface area contributed by atoms with E-state index in [0.29, 0.717) is 12.5 Å². The van der Waals surface area contributed by atoms with Crippen molar-refractivity contribution < 1.29 is 9.90 Å². The van der Waals surface area contributed by atoms with E-state index in [0.717, 1.165) is 31.0 Å². The second-order valence-electron chi connectivity index (χ2n) is 6.53. The van der Waals surface area contributed by atoms with Crippen LogP contribution >= 0.6 is 11.8 Å². The van der Waals surface area contributed by atoms with E-state index in [1.54, 1.807) is 11.8 Å². The van der Waals surface area contributed by atoms with Gasteiger partial charge in [0, 0.05) is 12.3 Å². The van der Waals surface area contributed by atoms with Gasteiger partial charge in [-0.1, -0.05) is 20.3 Å². The van der Waals surface area contributed by atoms with Gasteiger partial charge in [0.2, 0.25) is 5.91 Å². The monoisotopic (exact) mass is 300 g/mol. The first-order valence-corrected chi connectivity index (χ1v) is 8.99. The standard InChI is InChI=1S/C15H28N2O2S/c1-12(2)13(17-7-4-3-5-8-17)14(18)16-10-15(19)6-9-20-11-15/h12-13,19H,3-11H2,1-2H3,(H,16,18)/t13-,15-/m0/s1. The van der Waals surface area contributed by atoms with Crippen molar-refractivity contribution in [2.24, 2.45) is 5.92 Å². The number of nitrogens with one attached hydrogen (secondary N) is 1. The second kappa shape index (κ2) is 7.14. The first-order valence-electron chi connectivity index (χ1n) is 7.84. The Morgan fingerprint density at radius 3 is 2.60 bits per heavy atom. The molecule has 0 bridgehead atoms. The number of aliphatic hydroxyl groups is 1. The van der Waals surface area contributed by atoms with Crippen LogP contribution in [0.5, 0.6) is 0 Å². The number of hydrogen-bond donors (Lipinski definition) is 2. The molecule has 0 aromatic rings. The summed E-state index contributed by atoms with van der Waals surface area (Å²) < 4.78 is 0. The van der Waals surface area contributed by atoms with Crippen molar-refractivity contribution in [3.63, 3.8) is 0 Å². The van der Waals surface area contributed by atoms with Crippen molar-refractivity contribution in [1.29, 1.82) is 0 Å². The number of amides is 1. The van der Waals surface area contributed by atoms with Gasteiger partial charge in [0.25, 0.3) is 0 Å². The Balaban J connectivity index is 1.89. The first kappa shape index (κ1) is 16.1. The minimum Gasteiger partial charge on any atom is -0.387 e. The molecule has 0 aliphatic carbocycles. The molecule has 2 saturated heterocycles. The van der Waals surface area contributed by atoms with Gasteiger partial charge in [-0.2, -0.15) is 11.8 Å². The van der Waals surface area contributed by atoms with Crippen LogP contribution in [0, 0.1) is 5.92 Å². The molecule has 20 heavy (non-hydrogen) atoms. The molecule has 2 aliphatic rings. The SMILES string of the molecule is CC(C)[C@@H](C(=O)NC[C@@]1(O)CCSC1)N1CCCCC1. The van der Waals surface area contributed by atoms with Gasteiger partial charge >= 0.3 is 0 Å². The highest BCUT2D eigenvalue weighted by Crippen LogP contribution is 2.27. The zero-order valence-electron chi connectivity index (χ0n) is 12.7. The average molecular weight is 300 g/mol. The van der Waals surface area contributed by atoms with Gasteiger partial charge in [-0.15, -0.1) is 0 Å². The van der Waals surface area contributed by atoms with Crippen molar-refractivity contribution >= 4 is 17.7 Å². The summed E-state index contributed by atoms with van der Waals surface area (Å²) in [6.45, 7) is 6.67. The van der Waals surface area contributed by atoms with Crippen LogP contribution in [0.25, 0.3) is 0 Å². The smallest absolute Gasteiger partial charge is 0.237 e. The molecule has 2 heterocycles. The van der Waals surface area contributed by atoms with E-state index < -0.39 is 5.60 Å². The van der Waals surface area contributed by atoms with E-state index in [4.69, 9.17) is 0 Å². The number of rotatable bonds is 5. The van der Waals surface area contributed by atoms with Crippen LogP contribution in [0.15, 0.2) is 0 Å². The molecular formula is C15H28N2O2S. The minimum atomic E-state index is -0.691. The largest absolute Gasteiger partial charge is 0.387 e. The summed E-state index contributed by atoms with van der Waals surface area (Å²) in [4.78, 5) is 14.8. The highest BCUT2D eigenvalue weighted by molar-refractivity contribution is 7.99. The quantitative estimate of drug-likeness (QED) is 0.807. The Hall–Kier alpha value is -0.260. The van der Waals surface area contributed by atoms with E-state index in [1.165, 1.54) is 19.3 Å². The van der Waals surface area contributed by atoms with Crippen LogP contribution in [0.2, 0.25) is 0 Å². The maximum Gasteiger partial charge on any atom is 0.237 e. The Morgan fingerprint density at radius 1 is 1.35 bits per heavy atom. The van der Waals surface area contributed by atoms with Crippen molar-refractivity contribution in [2.45, 2.75) is 51.2 Å². The minimum absolute atomic E-state index is 0.0482. The third kappa shape index (κ3) is 4.12. The van der Waals surface area contributed by atoms with E-state index in [1.807, 2.05) is 0 Å². The molecule has 0 spiro atoms. The summed E-state index contributed by atoms with van der Waals surface area (Å²) in [6.07, 6.45) is 4.45. The lowest BCUT2D eigenvalue weighted by molar-refractivity contribution is -0.129. The molecule has 2 atom stereocenters. The summed E-state index contributed by atoms with van der Waals surface area (Å²) in [5.41, 5.74) is -0.691. The fraction of sp³-hybridized carbons (Fsp3) is 0.933. The van der Waals surface area contributed by atoms with Gasteiger partial charge in [0.05, 0.1) is 11.6 Å². The number of hydrogen-bond acceptors (Lipinski definition) is 4. The molecule has 1 amide bonds. The molecule has 0 aromatic heterocycles. The number of likely N-dealkylation sites (tertiary alicyclic amines) is 1. The van der Waals surface area contributed by atoms with Crippen LogP contribution in [0.3, 0.4) is 0 Å². The van der Waals surface area contributed by atoms with Crippen LogP contribution in [0.1, 0.15) is 39.5 Å². The molecule has 0 aromatic carbocycles. The highest BCUT2D eigenvalue weighted by atomic mass is 32.2. The maximum atomic E-state index is 12.5. The molecule has 0 radical (unpaired) electrons. The van der Waals surface area contributed by atoms with Gasteiger partial charge in [0.1, 0.15) is 0 Å². The maximum absolute atomic E-state index is 12.5. The van der Waals surface area contributed by atoms with Crippen LogP contribution in [-0.2, 0) is 4.79 Å². The fourth-order valence-electron chi connectivity index (χ4n) is 3.18. The second-order valence-corrected chi connectivity index (χ2v) is 7.64. The number of piperidine rings is 1. The Labute approximate surface area is 126 Å². The lowest BCUT2D eigenvalue weighted by Gasteiger charge is -2.36. The fourth-order valence-corrected chi connectivity index (χ4v) is 4.47. The predicted molar refractivity (Wildman–Crippen MR) is 84.0 cm³/mol. The molecule has 4 nitrogen and oxygen atoms in total. The van der Waals surface area contributed by atoms with Crippen LogP contribution in [0.4, 0.5) is 0 Å². The van der Waals surface area contributed by atoms with Gasteiger partial charge in [-0.25, -0.2) is 0 Å². The van der Waals surface area contributed by atoms with Crippen molar-refractivity contribution in [2.75, 3.05) is 31.1 Å². The average Bonchev–Trinajstić information content (AvgIpc) is 2.85. The van der Waals surface area contributed by atoms with Crippen molar-refractivity contribution in [3.05, 3.63) is 0 Å². The highest BCUT2D eigenvalue weighted by Gasteiger charge is 2.35. The molecule has 2 fully saturated rings. The van der Waals surface area contributed by atoms with Gasteiger partial charge in [-0.05, 0) is 44.0 Å². The summed E-state index contributed by atoms with van der Waals surface area (Å²) in [5, 5.41) is 13.3. The van der Waals surface area contributed by atoms with Gasteiger partial charge < -0.3 is 10.4 Å². The lowest BCUT2D eigenvalue weighted by Crippen LogP contribution is -2.54. The van der Waals surface area contributed by atoms with Gasteiger partial charge in [-0.3, -0.25) is 9.69 Å². The lowest BCUT2D eigenvalue weighted by atomic mass is 9.97. The number of nitrogens with zero attached hydrogens (tertiary/aromatic N) is 1. The normalized spacial score (nSPS) is 29.6. The molecule has 2 rings (SSSR count). The van der Waals surface area contributed by atoms with E-state index in [-0.39, 0.29) is 11.9 Å². The molecule has 2 aliphatic heterocycles. The molecular weight excluding hydrogens is 272 g/mol. The number of thioether (sulfide) groups is 1. The first-order chi connectivity index (χ1) is 9.52. The summed E-state index contributed by atoms with van der Waals surface area (Å²) in [5.74, 6) is 2.13. The topological polar surface area (TPSA) is 52.6 Å². The summed E-state index contributed by atoms with van der Waals surface area (Å²) in [6, 6.07) is -0.0482. The van der Waals surface area contributed by atoms with Crippen LogP contribution in [-0.4, -0.2) is 58.7 Å². The van der Waals surface area contributed by atoms with E-state index in [2.05, 4.69) is 24.1 Å². The Bertz CT molecular complexity index is 324. The predicted octanol–water partition coefficient (Wildman–Crippen LogP) is 1.48. The molecule has 2 N–H and O–H groups in total. The van der Waals surface area contributed by atoms with E-state index >= 15 is 0 Å². The summed E-state index contributed by atoms with van der Waals surface area (Å²) in [7, 11) is 0. The number of carbonyl (C=O) groups is 1. The molecule has 0 unspecified atom stereocenters. The third-order valence-corrected chi connectivity index (χ3v) is 5.59. The molecule has 0 saturated carbocycles.